The van der Waals surface area contributed by atoms with E-state index in [0.29, 0.717) is 0 Å². The highest BCUT2D eigenvalue weighted by Gasteiger charge is 2.28. The number of methoxy groups -OCH3 is 1. The Hall–Kier alpha value is -1.44. The number of halogens is 1. The van der Waals surface area contributed by atoms with Crippen LogP contribution in [-0.4, -0.2) is 28.2 Å². The fraction of sp³-hybridized carbons (Fsp3) is 0.200. The van der Waals surface area contributed by atoms with Gasteiger partial charge in [0.1, 0.15) is 0 Å². The van der Waals surface area contributed by atoms with Crippen molar-refractivity contribution >= 4 is 27.6 Å². The van der Waals surface area contributed by atoms with Crippen LogP contribution in [-0.2, 0) is 4.74 Å². The van der Waals surface area contributed by atoms with Crippen LogP contribution >= 0.6 is 15.9 Å². The Morgan fingerprint density at radius 1 is 1.77 bits per heavy atom. The van der Waals surface area contributed by atoms with E-state index in [4.69, 9.17) is 0 Å². The van der Waals surface area contributed by atoms with Crippen LogP contribution in [0.4, 0.5) is 5.69 Å². The van der Waals surface area contributed by atoms with Crippen molar-refractivity contribution in [1.82, 2.24) is 10.2 Å². The molecule has 8 heteroatoms. The third kappa shape index (κ3) is 1.66. The fourth-order valence-corrected chi connectivity index (χ4v) is 1.16. The number of esters is 1. The summed E-state index contributed by atoms with van der Waals surface area (Å²) in [6.07, 6.45) is 0. The Kier molecular flexibility index (Phi) is 2.61. The van der Waals surface area contributed by atoms with Gasteiger partial charge in [-0.3, -0.25) is 15.2 Å². The van der Waals surface area contributed by atoms with Crippen LogP contribution < -0.4 is 0 Å². The van der Waals surface area contributed by atoms with Crippen molar-refractivity contribution in [1.29, 1.82) is 0 Å². The number of hydrogen-bond acceptors (Lipinski definition) is 5. The summed E-state index contributed by atoms with van der Waals surface area (Å²) in [5.74, 6) is -0.829. The van der Waals surface area contributed by atoms with Crippen LogP contribution in [0, 0.1) is 10.1 Å². The van der Waals surface area contributed by atoms with Crippen molar-refractivity contribution in [3.05, 3.63) is 20.4 Å². The van der Waals surface area contributed by atoms with E-state index < -0.39 is 16.6 Å². The zero-order chi connectivity index (χ0) is 10.0. The van der Waals surface area contributed by atoms with Gasteiger partial charge in [0.15, 0.2) is 0 Å². The maximum Gasteiger partial charge on any atom is 0.363 e. The summed E-state index contributed by atoms with van der Waals surface area (Å²) in [5.41, 5.74) is -0.703. The zero-order valence-corrected chi connectivity index (χ0v) is 7.99. The monoisotopic (exact) mass is 249 g/mol. The van der Waals surface area contributed by atoms with Gasteiger partial charge >= 0.3 is 11.7 Å². The Morgan fingerprint density at radius 2 is 2.38 bits per heavy atom. The molecule has 0 aromatic carbocycles. The standard InChI is InChI=1S/C5H4BrN3O4/c1-13-5(10)2-3(9(11)12)4(6)8-7-2/h1H3,(H,7,8). The molecule has 70 valence electrons. The number of carbonyl (C=O) groups excluding carboxylic acids is 1. The fourth-order valence-electron chi connectivity index (χ4n) is 0.725. The minimum atomic E-state index is -0.829. The first-order chi connectivity index (χ1) is 6.07. The number of ether oxygens (including phenoxy) is 1. The average Bonchev–Trinajstić information content (AvgIpc) is 2.45. The molecule has 13 heavy (non-hydrogen) atoms. The Labute approximate surface area is 80.4 Å². The van der Waals surface area contributed by atoms with Crippen molar-refractivity contribution in [2.24, 2.45) is 0 Å². The smallest absolute Gasteiger partial charge is 0.363 e. The van der Waals surface area contributed by atoms with Crippen LogP contribution in [0.15, 0.2) is 4.60 Å². The Morgan fingerprint density at radius 3 is 2.85 bits per heavy atom. The first-order valence-corrected chi connectivity index (χ1v) is 3.83. The van der Waals surface area contributed by atoms with Gasteiger partial charge in [-0.1, -0.05) is 0 Å². The first kappa shape index (κ1) is 9.65. The van der Waals surface area contributed by atoms with Gasteiger partial charge in [-0.25, -0.2) is 4.79 Å². The number of nitrogens with zero attached hydrogens (tertiary/aromatic N) is 2. The van der Waals surface area contributed by atoms with Gasteiger partial charge in [0.25, 0.3) is 0 Å². The lowest BCUT2D eigenvalue weighted by molar-refractivity contribution is -0.386. The summed E-state index contributed by atoms with van der Waals surface area (Å²) in [7, 11) is 1.13. The Balaban J connectivity index is 3.22. The van der Waals surface area contributed by atoms with E-state index in [2.05, 4.69) is 30.9 Å². The lowest BCUT2D eigenvalue weighted by Crippen LogP contribution is -2.05. The summed E-state index contributed by atoms with van der Waals surface area (Å²) >= 11 is 2.82. The number of H-pyrrole nitrogens is 1. The number of nitro groups is 1. The zero-order valence-electron chi connectivity index (χ0n) is 6.41. The molecule has 0 aliphatic carbocycles. The highest BCUT2D eigenvalue weighted by atomic mass is 79.9. The lowest BCUT2D eigenvalue weighted by atomic mass is 10.4. The lowest BCUT2D eigenvalue weighted by Gasteiger charge is -1.93. The third-order valence-electron chi connectivity index (χ3n) is 1.27. The molecule has 7 nitrogen and oxygen atoms in total. The van der Waals surface area contributed by atoms with Gasteiger partial charge in [0.2, 0.25) is 10.3 Å². The van der Waals surface area contributed by atoms with Crippen molar-refractivity contribution in [3.63, 3.8) is 0 Å². The second kappa shape index (κ2) is 3.52. The topological polar surface area (TPSA) is 98.1 Å². The number of aromatic amines is 1. The van der Waals surface area contributed by atoms with Crippen molar-refractivity contribution in [3.8, 4) is 0 Å². The van der Waals surface area contributed by atoms with Gasteiger partial charge in [-0.15, -0.1) is 0 Å². The number of aromatic nitrogens is 2. The maximum absolute atomic E-state index is 10.9. The molecule has 0 unspecified atom stereocenters. The average molecular weight is 250 g/mol. The molecule has 0 aliphatic rings. The summed E-state index contributed by atoms with van der Waals surface area (Å²) in [6.45, 7) is 0. The molecule has 1 heterocycles. The summed E-state index contributed by atoms with van der Waals surface area (Å²) < 4.78 is 4.28. The maximum atomic E-state index is 10.9. The molecule has 0 fully saturated rings. The van der Waals surface area contributed by atoms with E-state index in [-0.39, 0.29) is 10.3 Å². The van der Waals surface area contributed by atoms with Crippen LogP contribution in [0.25, 0.3) is 0 Å². The number of rotatable bonds is 2. The molecule has 1 rings (SSSR count). The normalized spacial score (nSPS) is 9.69. The molecule has 0 aliphatic heterocycles. The minimum absolute atomic E-state index is 0.0297. The van der Waals surface area contributed by atoms with E-state index in [0.717, 1.165) is 7.11 Å². The van der Waals surface area contributed by atoms with E-state index >= 15 is 0 Å². The van der Waals surface area contributed by atoms with Gasteiger partial charge < -0.3 is 4.74 Å². The second-order valence-corrected chi connectivity index (χ2v) is 2.74. The molecule has 1 aromatic heterocycles. The van der Waals surface area contributed by atoms with E-state index in [1.165, 1.54) is 0 Å². The highest BCUT2D eigenvalue weighted by molar-refractivity contribution is 9.10. The molecule has 0 saturated heterocycles. The molecule has 0 bridgehead atoms. The molecule has 1 N–H and O–H groups in total. The SMILES string of the molecule is COC(=O)c1[nH]nc(Br)c1[N+](=O)[O-]. The van der Waals surface area contributed by atoms with Gasteiger partial charge in [-0.05, 0) is 15.9 Å². The predicted molar refractivity (Wildman–Crippen MR) is 44.3 cm³/mol. The van der Waals surface area contributed by atoms with Gasteiger partial charge in [-0.2, -0.15) is 5.10 Å². The largest absolute Gasteiger partial charge is 0.464 e. The van der Waals surface area contributed by atoms with Crippen LogP contribution in [0.3, 0.4) is 0 Å². The van der Waals surface area contributed by atoms with E-state index in [1.54, 1.807) is 0 Å². The van der Waals surface area contributed by atoms with Crippen molar-refractivity contribution in [2.45, 2.75) is 0 Å². The minimum Gasteiger partial charge on any atom is -0.464 e. The predicted octanol–water partition coefficient (Wildman–Crippen LogP) is 0.867. The highest BCUT2D eigenvalue weighted by Crippen LogP contribution is 2.26. The number of carbonyl (C=O) groups is 1. The molecule has 1 aromatic rings. The Bertz CT molecular complexity index is 361. The summed E-state index contributed by atoms with van der Waals surface area (Å²) in [4.78, 5) is 20.6. The number of nitrogens with one attached hydrogen (secondary N) is 1. The molecule has 0 radical (unpaired) electrons. The molecule has 0 spiro atoms. The van der Waals surface area contributed by atoms with E-state index in [1.807, 2.05) is 0 Å². The van der Waals surface area contributed by atoms with Gasteiger partial charge in [0, 0.05) is 0 Å². The molecule has 0 amide bonds. The summed E-state index contributed by atoms with van der Waals surface area (Å²) in [5, 5.41) is 16.1. The second-order valence-electron chi connectivity index (χ2n) is 1.99. The van der Waals surface area contributed by atoms with Gasteiger partial charge in [0.05, 0.1) is 12.0 Å². The van der Waals surface area contributed by atoms with Crippen LogP contribution in [0.2, 0.25) is 0 Å². The first-order valence-electron chi connectivity index (χ1n) is 3.04. The third-order valence-corrected chi connectivity index (χ3v) is 1.82. The summed E-state index contributed by atoms with van der Waals surface area (Å²) in [6, 6.07) is 0. The molecule has 0 saturated carbocycles. The molecular weight excluding hydrogens is 246 g/mol. The van der Waals surface area contributed by atoms with Crippen molar-refractivity contribution < 1.29 is 14.5 Å². The van der Waals surface area contributed by atoms with Crippen molar-refractivity contribution in [2.75, 3.05) is 7.11 Å². The molecule has 0 atom stereocenters. The molecular formula is C5H4BrN3O4. The quantitative estimate of drug-likeness (QED) is 0.477. The van der Waals surface area contributed by atoms with E-state index in [9.17, 15) is 14.9 Å². The van der Waals surface area contributed by atoms with Crippen LogP contribution in [0.5, 0.6) is 0 Å². The number of hydrogen-bond donors (Lipinski definition) is 1. The van der Waals surface area contributed by atoms with Crippen LogP contribution in [0.1, 0.15) is 10.5 Å².